The molecule has 0 spiro atoms. The molecule has 0 atom stereocenters. The fourth-order valence-corrected chi connectivity index (χ4v) is 4.58. The van der Waals surface area contributed by atoms with Crippen LogP contribution in [-0.2, 0) is 21.4 Å². The quantitative estimate of drug-likeness (QED) is 0.536. The van der Waals surface area contributed by atoms with E-state index in [0.717, 1.165) is 15.4 Å². The molecule has 0 heterocycles. The fourth-order valence-electron chi connectivity index (χ4n) is 3.17. The monoisotopic (exact) mass is 438 g/mol. The molecule has 3 aromatic carbocycles. The molecule has 0 radical (unpaired) electrons. The Morgan fingerprint density at radius 2 is 1.52 bits per heavy atom. The van der Waals surface area contributed by atoms with Crippen LogP contribution in [0.4, 0.5) is 5.69 Å². The number of hydrogen-bond donors (Lipinski definition) is 0. The van der Waals surface area contributed by atoms with E-state index in [1.165, 1.54) is 4.90 Å². The number of ether oxygens (including phenoxy) is 1. The summed E-state index contributed by atoms with van der Waals surface area (Å²) < 4.78 is 33.3. The van der Waals surface area contributed by atoms with E-state index in [9.17, 15) is 13.2 Å². The Bertz CT molecular complexity index is 1130. The second-order valence-electron chi connectivity index (χ2n) is 7.22. The third-order valence-electron chi connectivity index (χ3n) is 4.96. The summed E-state index contributed by atoms with van der Waals surface area (Å²) in [6.45, 7) is 1.88. The number of hydrogen-bond acceptors (Lipinski definition) is 4. The molecule has 31 heavy (non-hydrogen) atoms. The summed E-state index contributed by atoms with van der Waals surface area (Å²) in [7, 11) is -0.699. The van der Waals surface area contributed by atoms with E-state index >= 15 is 0 Å². The summed E-state index contributed by atoms with van der Waals surface area (Å²) in [5, 5.41) is 0. The molecular formula is C24H26N2O4S. The standard InChI is InChI=1S/C24H26N2O4S/c1-19-13-15-22(16-14-19)31(28,29)26(21-10-5-4-6-11-21)18-24(27)25(2)17-20-9-7-8-12-23(20)30-3/h4-16H,17-18H2,1-3H3. The van der Waals surface area contributed by atoms with Crippen molar-refractivity contribution in [1.82, 2.24) is 4.90 Å². The van der Waals surface area contributed by atoms with Crippen LogP contribution < -0.4 is 9.04 Å². The van der Waals surface area contributed by atoms with Crippen molar-refractivity contribution in [2.75, 3.05) is 25.0 Å². The van der Waals surface area contributed by atoms with E-state index in [1.54, 1.807) is 68.8 Å². The first-order valence-electron chi connectivity index (χ1n) is 9.83. The highest BCUT2D eigenvalue weighted by atomic mass is 32.2. The molecule has 0 aromatic heterocycles. The van der Waals surface area contributed by atoms with Crippen molar-refractivity contribution in [2.24, 2.45) is 0 Å². The maximum Gasteiger partial charge on any atom is 0.264 e. The Morgan fingerprint density at radius 3 is 2.16 bits per heavy atom. The minimum Gasteiger partial charge on any atom is -0.496 e. The van der Waals surface area contributed by atoms with Crippen LogP contribution in [0.25, 0.3) is 0 Å². The highest BCUT2D eigenvalue weighted by Gasteiger charge is 2.28. The van der Waals surface area contributed by atoms with Crippen molar-refractivity contribution in [3.63, 3.8) is 0 Å². The number of methoxy groups -OCH3 is 1. The average Bonchev–Trinajstić information content (AvgIpc) is 2.78. The van der Waals surface area contributed by atoms with E-state index < -0.39 is 10.0 Å². The maximum absolute atomic E-state index is 13.4. The first-order valence-corrected chi connectivity index (χ1v) is 11.3. The largest absolute Gasteiger partial charge is 0.496 e. The minimum atomic E-state index is -3.92. The van der Waals surface area contributed by atoms with E-state index in [1.807, 2.05) is 31.2 Å². The zero-order valence-electron chi connectivity index (χ0n) is 17.9. The molecule has 0 saturated heterocycles. The zero-order valence-corrected chi connectivity index (χ0v) is 18.7. The van der Waals surface area contributed by atoms with Gasteiger partial charge in [0, 0.05) is 19.2 Å². The number of para-hydroxylation sites is 2. The number of carbonyl (C=O) groups is 1. The second kappa shape index (κ2) is 9.66. The summed E-state index contributed by atoms with van der Waals surface area (Å²) in [6, 6.07) is 22.7. The van der Waals surface area contributed by atoms with Crippen LogP contribution in [0.3, 0.4) is 0 Å². The lowest BCUT2D eigenvalue weighted by Crippen LogP contribution is -2.41. The first-order chi connectivity index (χ1) is 14.8. The van der Waals surface area contributed by atoms with Gasteiger partial charge in [-0.05, 0) is 37.3 Å². The topological polar surface area (TPSA) is 66.9 Å². The molecule has 0 saturated carbocycles. The molecular weight excluding hydrogens is 412 g/mol. The van der Waals surface area contributed by atoms with Crippen molar-refractivity contribution in [2.45, 2.75) is 18.4 Å². The number of benzene rings is 3. The lowest BCUT2D eigenvalue weighted by Gasteiger charge is -2.27. The normalized spacial score (nSPS) is 11.1. The lowest BCUT2D eigenvalue weighted by molar-refractivity contribution is -0.128. The summed E-state index contributed by atoms with van der Waals surface area (Å²) in [6.07, 6.45) is 0. The molecule has 0 bridgehead atoms. The SMILES string of the molecule is COc1ccccc1CN(C)C(=O)CN(c1ccccc1)S(=O)(=O)c1ccc(C)cc1. The van der Waals surface area contributed by atoms with Gasteiger partial charge in [0.15, 0.2) is 0 Å². The zero-order chi connectivity index (χ0) is 22.4. The summed E-state index contributed by atoms with van der Waals surface area (Å²) in [5.41, 5.74) is 2.23. The Hall–Kier alpha value is -3.32. The number of aryl methyl sites for hydroxylation is 1. The number of amides is 1. The van der Waals surface area contributed by atoms with Crippen molar-refractivity contribution in [1.29, 1.82) is 0 Å². The molecule has 7 heteroatoms. The van der Waals surface area contributed by atoms with Crippen molar-refractivity contribution in [3.8, 4) is 5.75 Å². The number of sulfonamides is 1. The summed E-state index contributed by atoms with van der Waals surface area (Å²) in [5.74, 6) is 0.347. The Labute approximate surface area is 183 Å². The molecule has 1 amide bonds. The van der Waals surface area contributed by atoms with Crippen LogP contribution in [0.5, 0.6) is 5.75 Å². The van der Waals surface area contributed by atoms with Gasteiger partial charge in [0.25, 0.3) is 10.0 Å². The Kier molecular flexibility index (Phi) is 6.97. The van der Waals surface area contributed by atoms with E-state index in [2.05, 4.69) is 0 Å². The van der Waals surface area contributed by atoms with Gasteiger partial charge in [-0.25, -0.2) is 8.42 Å². The third-order valence-corrected chi connectivity index (χ3v) is 6.75. The molecule has 0 aliphatic rings. The minimum absolute atomic E-state index is 0.141. The molecule has 162 valence electrons. The lowest BCUT2D eigenvalue weighted by atomic mass is 10.2. The van der Waals surface area contributed by atoms with E-state index in [-0.39, 0.29) is 17.3 Å². The highest BCUT2D eigenvalue weighted by Crippen LogP contribution is 2.24. The van der Waals surface area contributed by atoms with Crippen LogP contribution in [0.2, 0.25) is 0 Å². The van der Waals surface area contributed by atoms with Crippen molar-refractivity contribution >= 4 is 21.6 Å². The van der Waals surface area contributed by atoms with Crippen molar-refractivity contribution < 1.29 is 17.9 Å². The molecule has 0 aliphatic heterocycles. The third kappa shape index (κ3) is 5.24. The first kappa shape index (κ1) is 22.4. The number of nitrogens with zero attached hydrogens (tertiary/aromatic N) is 2. The highest BCUT2D eigenvalue weighted by molar-refractivity contribution is 7.92. The number of carbonyl (C=O) groups excluding carboxylic acids is 1. The van der Waals surface area contributed by atoms with Crippen LogP contribution in [0.1, 0.15) is 11.1 Å². The second-order valence-corrected chi connectivity index (χ2v) is 9.08. The van der Waals surface area contributed by atoms with Gasteiger partial charge in [0.2, 0.25) is 5.91 Å². The molecule has 6 nitrogen and oxygen atoms in total. The van der Waals surface area contributed by atoms with Gasteiger partial charge in [0.05, 0.1) is 17.7 Å². The van der Waals surface area contributed by atoms with Gasteiger partial charge in [-0.15, -0.1) is 0 Å². The average molecular weight is 439 g/mol. The number of likely N-dealkylation sites (N-methyl/N-ethyl adjacent to an activating group) is 1. The van der Waals surface area contributed by atoms with Crippen LogP contribution in [-0.4, -0.2) is 39.9 Å². The molecule has 0 aliphatic carbocycles. The summed E-state index contributed by atoms with van der Waals surface area (Å²) >= 11 is 0. The molecule has 3 aromatic rings. The van der Waals surface area contributed by atoms with Gasteiger partial charge in [-0.3, -0.25) is 9.10 Å². The fraction of sp³-hybridized carbons (Fsp3) is 0.208. The Morgan fingerprint density at radius 1 is 0.903 bits per heavy atom. The van der Waals surface area contributed by atoms with Gasteiger partial charge < -0.3 is 9.64 Å². The number of rotatable bonds is 8. The smallest absolute Gasteiger partial charge is 0.264 e. The number of anilines is 1. The van der Waals surface area contributed by atoms with Gasteiger partial charge in [-0.1, -0.05) is 54.1 Å². The van der Waals surface area contributed by atoms with Crippen LogP contribution >= 0.6 is 0 Å². The van der Waals surface area contributed by atoms with Gasteiger partial charge in [0.1, 0.15) is 12.3 Å². The van der Waals surface area contributed by atoms with Crippen molar-refractivity contribution in [3.05, 3.63) is 90.0 Å². The summed E-state index contributed by atoms with van der Waals surface area (Å²) in [4.78, 5) is 14.7. The van der Waals surface area contributed by atoms with Gasteiger partial charge >= 0.3 is 0 Å². The maximum atomic E-state index is 13.4. The predicted molar refractivity (Wildman–Crippen MR) is 122 cm³/mol. The van der Waals surface area contributed by atoms with Crippen LogP contribution in [0, 0.1) is 6.92 Å². The molecule has 3 rings (SSSR count). The van der Waals surface area contributed by atoms with E-state index in [4.69, 9.17) is 4.74 Å². The molecule has 0 unspecified atom stereocenters. The van der Waals surface area contributed by atoms with E-state index in [0.29, 0.717) is 18.0 Å². The van der Waals surface area contributed by atoms with Crippen LogP contribution in [0.15, 0.2) is 83.8 Å². The molecule has 0 fully saturated rings. The van der Waals surface area contributed by atoms with Gasteiger partial charge in [-0.2, -0.15) is 0 Å². The molecule has 0 N–H and O–H groups in total. The predicted octanol–water partition coefficient (Wildman–Crippen LogP) is 3.86. The Balaban J connectivity index is 1.88.